The Kier molecular flexibility index (Phi) is 4.98. The van der Waals surface area contributed by atoms with E-state index in [-0.39, 0.29) is 4.90 Å². The van der Waals surface area contributed by atoms with E-state index < -0.39 is 10.0 Å². The smallest absolute Gasteiger partial charge is 0.264 e. The lowest BCUT2D eigenvalue weighted by Gasteiger charge is -2.05. The van der Waals surface area contributed by atoms with Gasteiger partial charge in [-0.2, -0.15) is 0 Å². The van der Waals surface area contributed by atoms with Crippen molar-refractivity contribution in [3.8, 4) is 0 Å². The van der Waals surface area contributed by atoms with Gasteiger partial charge in [0.05, 0.1) is 0 Å². The van der Waals surface area contributed by atoms with Crippen molar-refractivity contribution in [3.05, 3.63) is 41.9 Å². The van der Waals surface area contributed by atoms with E-state index >= 15 is 0 Å². The van der Waals surface area contributed by atoms with Gasteiger partial charge in [-0.25, -0.2) is 13.4 Å². The van der Waals surface area contributed by atoms with Gasteiger partial charge in [-0.1, -0.05) is 13.0 Å². The third kappa shape index (κ3) is 4.30. The molecule has 114 valence electrons. The molecule has 0 atom stereocenters. The summed E-state index contributed by atoms with van der Waals surface area (Å²) in [4.78, 5) is 7.31. The van der Waals surface area contributed by atoms with E-state index in [1.807, 2.05) is 13.0 Å². The van der Waals surface area contributed by atoms with Gasteiger partial charge in [0.2, 0.25) is 0 Å². The fourth-order valence-corrected chi connectivity index (χ4v) is 2.89. The molecule has 0 aliphatic rings. The third-order valence-electron chi connectivity index (χ3n) is 2.90. The Labute approximate surface area is 125 Å². The highest BCUT2D eigenvalue weighted by Gasteiger charge is 2.16. The summed E-state index contributed by atoms with van der Waals surface area (Å²) < 4.78 is 27.0. The van der Waals surface area contributed by atoms with E-state index in [1.165, 1.54) is 6.20 Å². The second kappa shape index (κ2) is 6.73. The number of anilines is 1. The van der Waals surface area contributed by atoms with Gasteiger partial charge in [0.1, 0.15) is 10.7 Å². The number of aromatic nitrogens is 2. The maximum absolute atomic E-state index is 12.3. The summed E-state index contributed by atoms with van der Waals surface area (Å²) in [5.41, 5.74) is 1.59. The lowest BCUT2D eigenvalue weighted by molar-refractivity contribution is 0.601. The van der Waals surface area contributed by atoms with Crippen molar-refractivity contribution in [1.29, 1.82) is 0 Å². The van der Waals surface area contributed by atoms with Gasteiger partial charge < -0.3 is 10.3 Å². The molecule has 0 saturated carbocycles. The molecule has 0 aliphatic heterocycles. The quantitative estimate of drug-likeness (QED) is 0.683. The number of rotatable bonds is 7. The summed E-state index contributed by atoms with van der Waals surface area (Å²) >= 11 is 0. The predicted octanol–water partition coefficient (Wildman–Crippen LogP) is 2.02. The van der Waals surface area contributed by atoms with Gasteiger partial charge in [-0.3, -0.25) is 4.72 Å². The molecule has 2 rings (SSSR count). The minimum Gasteiger partial charge on any atom is -0.363 e. The summed E-state index contributed by atoms with van der Waals surface area (Å²) in [5.74, 6) is 0.321. The summed E-state index contributed by atoms with van der Waals surface area (Å²) in [6, 6.07) is 6.82. The first-order chi connectivity index (χ1) is 10.0. The van der Waals surface area contributed by atoms with Crippen molar-refractivity contribution in [2.45, 2.75) is 31.7 Å². The molecule has 0 fully saturated rings. The SMILES string of the molecule is CCCNCc1cc(S(=O)(=O)Nc2cccc(C)n2)c[nH]1. The topological polar surface area (TPSA) is 86.9 Å². The second-order valence-electron chi connectivity index (χ2n) is 4.81. The molecule has 3 N–H and O–H groups in total. The van der Waals surface area contributed by atoms with Crippen LogP contribution in [-0.2, 0) is 16.6 Å². The second-order valence-corrected chi connectivity index (χ2v) is 6.49. The minimum atomic E-state index is -3.61. The van der Waals surface area contributed by atoms with Crippen LogP contribution in [0.4, 0.5) is 5.82 Å². The Morgan fingerprint density at radius 1 is 1.33 bits per heavy atom. The predicted molar refractivity (Wildman–Crippen MR) is 82.6 cm³/mol. The van der Waals surface area contributed by atoms with Crippen LogP contribution in [0, 0.1) is 6.92 Å². The van der Waals surface area contributed by atoms with Crippen molar-refractivity contribution in [1.82, 2.24) is 15.3 Å². The number of nitrogens with one attached hydrogen (secondary N) is 3. The summed E-state index contributed by atoms with van der Waals surface area (Å²) in [5, 5.41) is 3.21. The van der Waals surface area contributed by atoms with E-state index in [4.69, 9.17) is 0 Å². The highest BCUT2D eigenvalue weighted by molar-refractivity contribution is 7.92. The Morgan fingerprint density at radius 3 is 2.86 bits per heavy atom. The zero-order valence-corrected chi connectivity index (χ0v) is 13.0. The molecule has 0 spiro atoms. The maximum atomic E-state index is 12.3. The Balaban J connectivity index is 2.09. The van der Waals surface area contributed by atoms with E-state index in [0.717, 1.165) is 24.4 Å². The van der Waals surface area contributed by atoms with Crippen LogP contribution in [0.25, 0.3) is 0 Å². The van der Waals surface area contributed by atoms with Crippen molar-refractivity contribution in [2.24, 2.45) is 0 Å². The number of aromatic amines is 1. The monoisotopic (exact) mass is 308 g/mol. The zero-order chi connectivity index (χ0) is 15.3. The summed E-state index contributed by atoms with van der Waals surface area (Å²) in [6.45, 7) is 5.40. The number of nitrogens with zero attached hydrogens (tertiary/aromatic N) is 1. The van der Waals surface area contributed by atoms with Crippen molar-refractivity contribution in [3.63, 3.8) is 0 Å². The maximum Gasteiger partial charge on any atom is 0.264 e. The number of hydrogen-bond acceptors (Lipinski definition) is 4. The molecular weight excluding hydrogens is 288 g/mol. The molecule has 7 heteroatoms. The Morgan fingerprint density at radius 2 is 2.14 bits per heavy atom. The molecule has 6 nitrogen and oxygen atoms in total. The summed E-state index contributed by atoms with van der Waals surface area (Å²) in [7, 11) is -3.61. The van der Waals surface area contributed by atoms with Crippen LogP contribution in [0.5, 0.6) is 0 Å². The largest absolute Gasteiger partial charge is 0.363 e. The number of sulfonamides is 1. The van der Waals surface area contributed by atoms with E-state index in [9.17, 15) is 8.42 Å². The zero-order valence-electron chi connectivity index (χ0n) is 12.2. The number of pyridine rings is 1. The number of hydrogen-bond donors (Lipinski definition) is 3. The van der Waals surface area contributed by atoms with Crippen LogP contribution in [-0.4, -0.2) is 24.9 Å². The average Bonchev–Trinajstić information content (AvgIpc) is 2.88. The molecule has 0 saturated heterocycles. The molecule has 0 aromatic carbocycles. The Hall–Kier alpha value is -1.86. The molecule has 0 unspecified atom stereocenters. The molecule has 0 radical (unpaired) electrons. The van der Waals surface area contributed by atoms with Crippen molar-refractivity contribution < 1.29 is 8.42 Å². The van der Waals surface area contributed by atoms with Gasteiger partial charge in [-0.05, 0) is 38.1 Å². The van der Waals surface area contributed by atoms with Crippen LogP contribution in [0.15, 0.2) is 35.4 Å². The minimum absolute atomic E-state index is 0.208. The van der Waals surface area contributed by atoms with Gasteiger partial charge in [-0.15, -0.1) is 0 Å². The molecule has 2 heterocycles. The fraction of sp³-hybridized carbons (Fsp3) is 0.357. The van der Waals surface area contributed by atoms with Gasteiger partial charge >= 0.3 is 0 Å². The van der Waals surface area contributed by atoms with Gasteiger partial charge in [0, 0.05) is 24.1 Å². The Bertz CT molecular complexity index is 695. The van der Waals surface area contributed by atoms with Crippen LogP contribution in [0.3, 0.4) is 0 Å². The molecule has 2 aromatic heterocycles. The van der Waals surface area contributed by atoms with Crippen LogP contribution < -0.4 is 10.0 Å². The molecule has 0 bridgehead atoms. The first kappa shape index (κ1) is 15.5. The average molecular weight is 308 g/mol. The van der Waals surface area contributed by atoms with Crippen LogP contribution in [0.2, 0.25) is 0 Å². The normalized spacial score (nSPS) is 11.5. The van der Waals surface area contributed by atoms with Crippen molar-refractivity contribution in [2.75, 3.05) is 11.3 Å². The highest BCUT2D eigenvalue weighted by atomic mass is 32.2. The molecular formula is C14H20N4O2S. The molecule has 0 amide bonds. The van der Waals surface area contributed by atoms with Crippen LogP contribution >= 0.6 is 0 Å². The first-order valence-corrected chi connectivity index (χ1v) is 8.34. The molecule has 21 heavy (non-hydrogen) atoms. The van der Waals surface area contributed by atoms with Gasteiger partial charge in [0.15, 0.2) is 0 Å². The third-order valence-corrected chi connectivity index (χ3v) is 4.23. The van der Waals surface area contributed by atoms with Crippen LogP contribution in [0.1, 0.15) is 24.7 Å². The van der Waals surface area contributed by atoms with Gasteiger partial charge in [0.25, 0.3) is 10.0 Å². The fourth-order valence-electron chi connectivity index (χ4n) is 1.87. The van der Waals surface area contributed by atoms with Crippen molar-refractivity contribution >= 4 is 15.8 Å². The van der Waals surface area contributed by atoms with E-state index in [2.05, 4.69) is 26.9 Å². The lowest BCUT2D eigenvalue weighted by Crippen LogP contribution is -2.14. The lowest BCUT2D eigenvalue weighted by atomic mass is 10.4. The number of aryl methyl sites for hydroxylation is 1. The molecule has 2 aromatic rings. The first-order valence-electron chi connectivity index (χ1n) is 6.86. The standard InChI is InChI=1S/C14H20N4O2S/c1-3-7-15-9-12-8-13(10-16-12)21(19,20)18-14-6-4-5-11(2)17-14/h4-6,8,10,15-16H,3,7,9H2,1-2H3,(H,17,18). The van der Waals surface area contributed by atoms with E-state index in [0.29, 0.717) is 12.4 Å². The van der Waals surface area contributed by atoms with E-state index in [1.54, 1.807) is 18.2 Å². The highest BCUT2D eigenvalue weighted by Crippen LogP contribution is 2.15. The summed E-state index contributed by atoms with van der Waals surface area (Å²) in [6.07, 6.45) is 2.52. The number of H-pyrrole nitrogens is 1. The molecule has 0 aliphatic carbocycles.